The Morgan fingerprint density at radius 1 is 1.15 bits per heavy atom. The van der Waals surface area contributed by atoms with Gasteiger partial charge < -0.3 is 9.84 Å². The van der Waals surface area contributed by atoms with E-state index in [4.69, 9.17) is 4.74 Å². The summed E-state index contributed by atoms with van der Waals surface area (Å²) in [5.74, 6) is 0.255. The lowest BCUT2D eigenvalue weighted by atomic mass is 9.98. The summed E-state index contributed by atoms with van der Waals surface area (Å²) in [6.07, 6.45) is -0.933. The molecular formula is C16H16BrFO2. The molecule has 0 bridgehead atoms. The van der Waals surface area contributed by atoms with Crippen molar-refractivity contribution in [3.63, 3.8) is 0 Å². The predicted octanol–water partition coefficient (Wildman–Crippen LogP) is 4.30. The van der Waals surface area contributed by atoms with Crippen LogP contribution < -0.4 is 4.74 Å². The van der Waals surface area contributed by atoms with E-state index in [1.807, 2.05) is 13.0 Å². The number of aryl methyl sites for hydroxylation is 2. The van der Waals surface area contributed by atoms with Gasteiger partial charge in [-0.2, -0.15) is 0 Å². The van der Waals surface area contributed by atoms with Crippen LogP contribution in [0.15, 0.2) is 34.8 Å². The smallest absolute Gasteiger partial charge is 0.126 e. The highest BCUT2D eigenvalue weighted by molar-refractivity contribution is 9.10. The molecule has 2 aromatic rings. The van der Waals surface area contributed by atoms with Crippen molar-refractivity contribution in [3.8, 4) is 5.75 Å². The van der Waals surface area contributed by atoms with Crippen molar-refractivity contribution in [1.82, 2.24) is 0 Å². The Balaban J connectivity index is 2.49. The lowest BCUT2D eigenvalue weighted by molar-refractivity contribution is 0.214. The summed E-state index contributed by atoms with van der Waals surface area (Å²) in [5, 5.41) is 10.5. The summed E-state index contributed by atoms with van der Waals surface area (Å²) in [7, 11) is 1.55. The number of aliphatic hydroxyl groups excluding tert-OH is 1. The highest BCUT2D eigenvalue weighted by Crippen LogP contribution is 2.34. The molecule has 106 valence electrons. The number of hydrogen-bond donors (Lipinski definition) is 1. The van der Waals surface area contributed by atoms with E-state index >= 15 is 0 Å². The molecule has 0 radical (unpaired) electrons. The van der Waals surface area contributed by atoms with Gasteiger partial charge in [0.25, 0.3) is 0 Å². The molecule has 1 unspecified atom stereocenters. The maximum Gasteiger partial charge on any atom is 0.126 e. The monoisotopic (exact) mass is 338 g/mol. The molecule has 0 aliphatic heterocycles. The number of benzene rings is 2. The summed E-state index contributed by atoms with van der Waals surface area (Å²) in [5.41, 5.74) is 2.67. The number of rotatable bonds is 3. The van der Waals surface area contributed by atoms with Gasteiger partial charge >= 0.3 is 0 Å². The maximum atomic E-state index is 13.6. The van der Waals surface area contributed by atoms with Crippen LogP contribution in [0.3, 0.4) is 0 Å². The van der Waals surface area contributed by atoms with Crippen molar-refractivity contribution < 1.29 is 14.2 Å². The van der Waals surface area contributed by atoms with Gasteiger partial charge in [-0.25, -0.2) is 4.39 Å². The van der Waals surface area contributed by atoms with Gasteiger partial charge in [-0.15, -0.1) is 0 Å². The summed E-state index contributed by atoms with van der Waals surface area (Å²) in [6.45, 7) is 3.63. The molecule has 0 aliphatic rings. The van der Waals surface area contributed by atoms with E-state index in [1.54, 1.807) is 32.2 Å². The zero-order chi connectivity index (χ0) is 14.9. The minimum atomic E-state index is -0.933. The van der Waals surface area contributed by atoms with E-state index in [2.05, 4.69) is 15.9 Å². The highest BCUT2D eigenvalue weighted by atomic mass is 79.9. The average molecular weight is 339 g/mol. The Kier molecular flexibility index (Phi) is 4.45. The fraction of sp³-hybridized carbons (Fsp3) is 0.250. The summed E-state index contributed by atoms with van der Waals surface area (Å²) in [6, 6.07) is 8.37. The summed E-state index contributed by atoms with van der Waals surface area (Å²) in [4.78, 5) is 0. The van der Waals surface area contributed by atoms with E-state index < -0.39 is 6.10 Å². The van der Waals surface area contributed by atoms with Gasteiger partial charge in [-0.05, 0) is 48.7 Å². The molecule has 0 saturated carbocycles. The van der Waals surface area contributed by atoms with E-state index in [-0.39, 0.29) is 5.82 Å². The third kappa shape index (κ3) is 2.86. The number of ether oxygens (including phenoxy) is 1. The maximum absolute atomic E-state index is 13.6. The van der Waals surface area contributed by atoms with E-state index in [0.29, 0.717) is 22.4 Å². The first-order valence-corrected chi connectivity index (χ1v) is 7.01. The molecule has 0 spiro atoms. The highest BCUT2D eigenvalue weighted by Gasteiger charge is 2.18. The molecule has 2 rings (SSSR count). The molecular weight excluding hydrogens is 323 g/mol. The number of methoxy groups -OCH3 is 1. The molecule has 0 saturated heterocycles. The SMILES string of the molecule is COc1cc(C)c(Br)cc1C(O)c1ccc(C)c(F)c1. The average Bonchev–Trinajstić information content (AvgIpc) is 2.43. The zero-order valence-corrected chi connectivity index (χ0v) is 13.2. The van der Waals surface area contributed by atoms with Crippen molar-refractivity contribution in [1.29, 1.82) is 0 Å². The largest absolute Gasteiger partial charge is 0.496 e. The van der Waals surface area contributed by atoms with Gasteiger partial charge in [0.2, 0.25) is 0 Å². The molecule has 0 fully saturated rings. The second kappa shape index (κ2) is 5.94. The minimum Gasteiger partial charge on any atom is -0.496 e. The van der Waals surface area contributed by atoms with Crippen molar-refractivity contribution in [2.45, 2.75) is 20.0 Å². The van der Waals surface area contributed by atoms with E-state index in [9.17, 15) is 9.50 Å². The normalized spacial score (nSPS) is 12.3. The molecule has 0 amide bonds. The van der Waals surface area contributed by atoms with Crippen LogP contribution in [0.25, 0.3) is 0 Å². The Labute approximate surface area is 126 Å². The van der Waals surface area contributed by atoms with Gasteiger partial charge in [0.1, 0.15) is 17.7 Å². The standard InChI is InChI=1S/C16H16BrFO2/c1-9-4-5-11(7-14(9)18)16(19)12-8-13(17)10(2)6-15(12)20-3/h4-8,16,19H,1-3H3. The Hall–Kier alpha value is -1.39. The lowest BCUT2D eigenvalue weighted by Crippen LogP contribution is -2.04. The summed E-state index contributed by atoms with van der Waals surface area (Å²) >= 11 is 3.44. The van der Waals surface area contributed by atoms with Crippen molar-refractivity contribution in [3.05, 3.63) is 62.9 Å². The van der Waals surface area contributed by atoms with E-state index in [1.165, 1.54) is 6.07 Å². The molecule has 20 heavy (non-hydrogen) atoms. The van der Waals surface area contributed by atoms with Crippen LogP contribution in [0.2, 0.25) is 0 Å². The summed E-state index contributed by atoms with van der Waals surface area (Å²) < 4.78 is 19.8. The van der Waals surface area contributed by atoms with Gasteiger partial charge in [0.15, 0.2) is 0 Å². The molecule has 0 aliphatic carbocycles. The number of hydrogen-bond acceptors (Lipinski definition) is 2. The molecule has 1 N–H and O–H groups in total. The van der Waals surface area contributed by atoms with Crippen LogP contribution >= 0.6 is 15.9 Å². The lowest BCUT2D eigenvalue weighted by Gasteiger charge is -2.17. The number of aliphatic hydroxyl groups is 1. The minimum absolute atomic E-state index is 0.327. The molecule has 0 heterocycles. The van der Waals surface area contributed by atoms with Crippen LogP contribution in [-0.4, -0.2) is 12.2 Å². The van der Waals surface area contributed by atoms with Crippen LogP contribution in [0.5, 0.6) is 5.75 Å². The topological polar surface area (TPSA) is 29.5 Å². The first-order valence-electron chi connectivity index (χ1n) is 6.22. The number of halogens is 2. The van der Waals surface area contributed by atoms with Crippen molar-refractivity contribution in [2.75, 3.05) is 7.11 Å². The molecule has 0 aromatic heterocycles. The first-order chi connectivity index (χ1) is 9.43. The Morgan fingerprint density at radius 2 is 1.85 bits per heavy atom. The fourth-order valence-corrected chi connectivity index (χ4v) is 2.38. The molecule has 2 aromatic carbocycles. The van der Waals surface area contributed by atoms with Crippen molar-refractivity contribution >= 4 is 15.9 Å². The molecule has 4 heteroatoms. The van der Waals surface area contributed by atoms with Crippen molar-refractivity contribution in [2.24, 2.45) is 0 Å². The van der Waals surface area contributed by atoms with Gasteiger partial charge in [0.05, 0.1) is 7.11 Å². The van der Waals surface area contributed by atoms with Crippen LogP contribution in [-0.2, 0) is 0 Å². The zero-order valence-electron chi connectivity index (χ0n) is 11.6. The third-order valence-corrected chi connectivity index (χ3v) is 4.17. The van der Waals surface area contributed by atoms with Gasteiger partial charge in [-0.3, -0.25) is 0 Å². The Bertz CT molecular complexity index is 641. The quantitative estimate of drug-likeness (QED) is 0.904. The predicted molar refractivity (Wildman–Crippen MR) is 80.6 cm³/mol. The third-order valence-electron chi connectivity index (χ3n) is 3.32. The second-order valence-electron chi connectivity index (χ2n) is 4.75. The van der Waals surface area contributed by atoms with Crippen LogP contribution in [0.4, 0.5) is 4.39 Å². The second-order valence-corrected chi connectivity index (χ2v) is 5.61. The molecule has 1 atom stereocenters. The van der Waals surface area contributed by atoms with Crippen LogP contribution in [0, 0.1) is 19.7 Å². The van der Waals surface area contributed by atoms with Gasteiger partial charge in [-0.1, -0.05) is 28.1 Å². The van der Waals surface area contributed by atoms with Gasteiger partial charge in [0, 0.05) is 10.0 Å². The Morgan fingerprint density at radius 3 is 2.45 bits per heavy atom. The van der Waals surface area contributed by atoms with E-state index in [0.717, 1.165) is 10.0 Å². The molecule has 2 nitrogen and oxygen atoms in total. The van der Waals surface area contributed by atoms with Crippen LogP contribution in [0.1, 0.15) is 28.4 Å². The fourth-order valence-electron chi connectivity index (χ4n) is 2.02. The first kappa shape index (κ1) is 15.0.